The molecule has 154 valence electrons. The van der Waals surface area contributed by atoms with Crippen LogP contribution in [0.25, 0.3) is 0 Å². The molecule has 0 bridgehead atoms. The van der Waals surface area contributed by atoms with E-state index in [0.29, 0.717) is 35.6 Å². The quantitative estimate of drug-likeness (QED) is 0.600. The van der Waals surface area contributed by atoms with Crippen molar-refractivity contribution in [1.82, 2.24) is 10.6 Å². The number of urea groups is 1. The molecule has 0 unspecified atom stereocenters. The Balaban J connectivity index is 1.38. The van der Waals surface area contributed by atoms with Gasteiger partial charge < -0.3 is 16.0 Å². The molecule has 3 amide bonds. The van der Waals surface area contributed by atoms with Crippen molar-refractivity contribution in [2.24, 2.45) is 17.8 Å². The highest BCUT2D eigenvalue weighted by molar-refractivity contribution is 6.30. The molecule has 0 spiro atoms. The topological polar surface area (TPSA) is 70.2 Å². The van der Waals surface area contributed by atoms with Gasteiger partial charge >= 0.3 is 6.03 Å². The van der Waals surface area contributed by atoms with E-state index in [2.05, 4.69) is 29.8 Å². The number of anilines is 1. The van der Waals surface area contributed by atoms with Crippen molar-refractivity contribution in [1.29, 1.82) is 0 Å². The van der Waals surface area contributed by atoms with Crippen LogP contribution in [0.4, 0.5) is 10.5 Å². The molecule has 2 aromatic rings. The summed E-state index contributed by atoms with van der Waals surface area (Å²) in [6.07, 6.45) is 2.00. The van der Waals surface area contributed by atoms with Crippen LogP contribution >= 0.6 is 11.6 Å². The monoisotopic (exact) mass is 413 g/mol. The summed E-state index contributed by atoms with van der Waals surface area (Å²) >= 11 is 5.85. The first kappa shape index (κ1) is 21.2. The van der Waals surface area contributed by atoms with E-state index in [9.17, 15) is 9.59 Å². The summed E-state index contributed by atoms with van der Waals surface area (Å²) in [6.45, 7) is 5.36. The second-order valence-corrected chi connectivity index (χ2v) is 8.46. The Morgan fingerprint density at radius 1 is 0.931 bits per heavy atom. The van der Waals surface area contributed by atoms with Gasteiger partial charge in [-0.3, -0.25) is 4.79 Å². The predicted octanol–water partition coefficient (Wildman–Crippen LogP) is 4.96. The molecule has 2 aromatic carbocycles. The maximum absolute atomic E-state index is 12.2. The first-order valence-corrected chi connectivity index (χ1v) is 10.4. The Morgan fingerprint density at radius 2 is 1.48 bits per heavy atom. The minimum atomic E-state index is -0.273. The van der Waals surface area contributed by atoms with Gasteiger partial charge in [-0.25, -0.2) is 4.79 Å². The minimum absolute atomic E-state index is 0.144. The highest BCUT2D eigenvalue weighted by atomic mass is 35.5. The number of nitrogens with one attached hydrogen (secondary N) is 3. The minimum Gasteiger partial charge on any atom is -0.352 e. The zero-order valence-corrected chi connectivity index (χ0v) is 17.6. The van der Waals surface area contributed by atoms with Gasteiger partial charge in [-0.05, 0) is 60.1 Å². The average molecular weight is 414 g/mol. The van der Waals surface area contributed by atoms with E-state index in [1.807, 2.05) is 36.4 Å². The van der Waals surface area contributed by atoms with Crippen molar-refractivity contribution in [3.05, 3.63) is 64.7 Å². The third-order valence-electron chi connectivity index (χ3n) is 5.53. The molecule has 1 aliphatic rings. The number of hydrogen-bond donors (Lipinski definition) is 3. The molecule has 1 fully saturated rings. The third-order valence-corrected chi connectivity index (χ3v) is 5.78. The summed E-state index contributed by atoms with van der Waals surface area (Å²) in [7, 11) is 0. The molecule has 0 radical (unpaired) electrons. The molecule has 29 heavy (non-hydrogen) atoms. The first-order valence-electron chi connectivity index (χ1n) is 10.1. The predicted molar refractivity (Wildman–Crippen MR) is 117 cm³/mol. The van der Waals surface area contributed by atoms with Crippen LogP contribution in [0.2, 0.25) is 5.02 Å². The summed E-state index contributed by atoms with van der Waals surface area (Å²) < 4.78 is 0. The molecule has 6 heteroatoms. The van der Waals surface area contributed by atoms with Gasteiger partial charge in [-0.1, -0.05) is 49.7 Å². The standard InChI is InChI=1S/C23H28ClN3O2/c1-15(2)18-11-19(12-18)22(28)25-13-17-5-9-21(10-6-17)27-23(29)26-14-16-3-7-20(24)8-4-16/h3-10,15,18-19H,11-14H2,1-2H3,(H,25,28)(H2,26,27,29). The fourth-order valence-corrected chi connectivity index (χ4v) is 3.55. The van der Waals surface area contributed by atoms with Crippen molar-refractivity contribution < 1.29 is 9.59 Å². The van der Waals surface area contributed by atoms with Crippen LogP contribution in [-0.4, -0.2) is 11.9 Å². The molecule has 0 heterocycles. The molecule has 0 aromatic heterocycles. The maximum Gasteiger partial charge on any atom is 0.319 e. The molecule has 0 aliphatic heterocycles. The Labute approximate surface area is 177 Å². The molecule has 3 rings (SSSR count). The van der Waals surface area contributed by atoms with Crippen LogP contribution in [0.3, 0.4) is 0 Å². The van der Waals surface area contributed by atoms with E-state index in [1.165, 1.54) is 0 Å². The zero-order valence-electron chi connectivity index (χ0n) is 16.9. The molecule has 0 atom stereocenters. The second kappa shape index (κ2) is 9.79. The first-order chi connectivity index (χ1) is 13.9. The zero-order chi connectivity index (χ0) is 20.8. The van der Waals surface area contributed by atoms with E-state index < -0.39 is 0 Å². The summed E-state index contributed by atoms with van der Waals surface area (Å²) in [5.41, 5.74) is 2.68. The van der Waals surface area contributed by atoms with E-state index in [1.54, 1.807) is 12.1 Å². The van der Waals surface area contributed by atoms with Crippen LogP contribution in [-0.2, 0) is 17.9 Å². The van der Waals surface area contributed by atoms with Crippen LogP contribution in [0.5, 0.6) is 0 Å². The van der Waals surface area contributed by atoms with Crippen molar-refractivity contribution in [3.8, 4) is 0 Å². The van der Waals surface area contributed by atoms with Gasteiger partial charge in [0.2, 0.25) is 5.91 Å². The van der Waals surface area contributed by atoms with E-state index in [-0.39, 0.29) is 17.9 Å². The highest BCUT2D eigenvalue weighted by Gasteiger charge is 2.35. The third kappa shape index (κ3) is 6.23. The van der Waals surface area contributed by atoms with Crippen molar-refractivity contribution in [2.75, 3.05) is 5.32 Å². The highest BCUT2D eigenvalue weighted by Crippen LogP contribution is 2.38. The van der Waals surface area contributed by atoms with E-state index >= 15 is 0 Å². The number of benzene rings is 2. The number of carbonyl (C=O) groups excluding carboxylic acids is 2. The van der Waals surface area contributed by atoms with Gasteiger partial charge in [0.1, 0.15) is 0 Å². The molecule has 1 aliphatic carbocycles. The van der Waals surface area contributed by atoms with Crippen LogP contribution in [0, 0.1) is 17.8 Å². The Kier molecular flexibility index (Phi) is 7.15. The number of hydrogen-bond acceptors (Lipinski definition) is 2. The van der Waals surface area contributed by atoms with Gasteiger partial charge in [0.25, 0.3) is 0 Å². The number of rotatable bonds is 7. The normalized spacial score (nSPS) is 18.1. The molecule has 1 saturated carbocycles. The van der Waals surface area contributed by atoms with Gasteiger partial charge in [0, 0.05) is 29.7 Å². The van der Waals surface area contributed by atoms with Crippen molar-refractivity contribution in [2.45, 2.75) is 39.8 Å². The summed E-state index contributed by atoms with van der Waals surface area (Å²) in [6, 6.07) is 14.5. The largest absolute Gasteiger partial charge is 0.352 e. The van der Waals surface area contributed by atoms with E-state index in [4.69, 9.17) is 11.6 Å². The number of halogens is 1. The van der Waals surface area contributed by atoms with Gasteiger partial charge in [-0.2, -0.15) is 0 Å². The summed E-state index contributed by atoms with van der Waals surface area (Å²) in [4.78, 5) is 24.2. The Hall–Kier alpha value is -2.53. The lowest BCUT2D eigenvalue weighted by Gasteiger charge is -2.36. The number of carbonyl (C=O) groups is 2. The SMILES string of the molecule is CC(C)C1CC(C(=O)NCc2ccc(NC(=O)NCc3ccc(Cl)cc3)cc2)C1. The fourth-order valence-electron chi connectivity index (χ4n) is 3.42. The smallest absolute Gasteiger partial charge is 0.319 e. The Morgan fingerprint density at radius 3 is 2.07 bits per heavy atom. The fraction of sp³-hybridized carbons (Fsp3) is 0.391. The van der Waals surface area contributed by atoms with Gasteiger partial charge in [0.15, 0.2) is 0 Å². The average Bonchev–Trinajstić information content (AvgIpc) is 2.65. The molecular formula is C23H28ClN3O2. The number of amides is 3. The summed E-state index contributed by atoms with van der Waals surface area (Å²) in [5.74, 6) is 1.64. The Bertz CT molecular complexity index is 828. The van der Waals surface area contributed by atoms with Crippen LogP contribution in [0.1, 0.15) is 37.8 Å². The lowest BCUT2D eigenvalue weighted by Crippen LogP contribution is -2.40. The van der Waals surface area contributed by atoms with Crippen molar-refractivity contribution in [3.63, 3.8) is 0 Å². The second-order valence-electron chi connectivity index (χ2n) is 8.02. The van der Waals surface area contributed by atoms with E-state index in [0.717, 1.165) is 24.0 Å². The van der Waals surface area contributed by atoms with Crippen LogP contribution in [0.15, 0.2) is 48.5 Å². The van der Waals surface area contributed by atoms with Gasteiger partial charge in [0.05, 0.1) is 0 Å². The lowest BCUT2D eigenvalue weighted by molar-refractivity contribution is -0.129. The molecule has 5 nitrogen and oxygen atoms in total. The van der Waals surface area contributed by atoms with Gasteiger partial charge in [-0.15, -0.1) is 0 Å². The molecule has 3 N–H and O–H groups in total. The molecular weight excluding hydrogens is 386 g/mol. The van der Waals surface area contributed by atoms with Crippen LogP contribution < -0.4 is 16.0 Å². The molecule has 0 saturated heterocycles. The van der Waals surface area contributed by atoms with Crippen molar-refractivity contribution >= 4 is 29.2 Å². The summed E-state index contributed by atoms with van der Waals surface area (Å²) in [5, 5.41) is 9.30. The maximum atomic E-state index is 12.2. The lowest BCUT2D eigenvalue weighted by atomic mass is 9.69.